The SMILES string of the molecule is CCN(CC)CCOc1cccnc1Br. The second-order valence-corrected chi connectivity index (χ2v) is 3.92. The van der Waals surface area contributed by atoms with Gasteiger partial charge in [-0.25, -0.2) is 4.98 Å². The van der Waals surface area contributed by atoms with E-state index in [1.165, 1.54) is 0 Å². The molecule has 0 N–H and O–H groups in total. The van der Waals surface area contributed by atoms with E-state index in [9.17, 15) is 0 Å². The first-order valence-corrected chi connectivity index (χ1v) is 6.02. The van der Waals surface area contributed by atoms with Crippen LogP contribution in [0, 0.1) is 0 Å². The third-order valence-corrected chi connectivity index (χ3v) is 2.88. The van der Waals surface area contributed by atoms with E-state index in [0.717, 1.165) is 30.0 Å². The van der Waals surface area contributed by atoms with Crippen LogP contribution in [-0.2, 0) is 0 Å². The molecular weight excluding hydrogens is 256 g/mol. The van der Waals surface area contributed by atoms with Gasteiger partial charge in [0.25, 0.3) is 0 Å². The minimum absolute atomic E-state index is 0.700. The summed E-state index contributed by atoms with van der Waals surface area (Å²) in [7, 11) is 0. The molecule has 0 saturated heterocycles. The molecule has 3 nitrogen and oxygen atoms in total. The van der Waals surface area contributed by atoms with Gasteiger partial charge in [-0.1, -0.05) is 13.8 Å². The maximum Gasteiger partial charge on any atom is 0.152 e. The fraction of sp³-hybridized carbons (Fsp3) is 0.545. The summed E-state index contributed by atoms with van der Waals surface area (Å²) in [6.07, 6.45) is 1.74. The van der Waals surface area contributed by atoms with E-state index in [2.05, 4.69) is 39.7 Å². The van der Waals surface area contributed by atoms with Gasteiger partial charge in [-0.15, -0.1) is 0 Å². The lowest BCUT2D eigenvalue weighted by Gasteiger charge is -2.18. The fourth-order valence-electron chi connectivity index (χ4n) is 1.30. The van der Waals surface area contributed by atoms with Gasteiger partial charge >= 0.3 is 0 Å². The highest BCUT2D eigenvalue weighted by Crippen LogP contribution is 2.20. The predicted octanol–water partition coefficient (Wildman–Crippen LogP) is 2.56. The molecule has 4 heteroatoms. The van der Waals surface area contributed by atoms with Gasteiger partial charge in [0.15, 0.2) is 5.75 Å². The topological polar surface area (TPSA) is 25.4 Å². The van der Waals surface area contributed by atoms with E-state index in [1.807, 2.05) is 12.1 Å². The van der Waals surface area contributed by atoms with Gasteiger partial charge in [0, 0.05) is 12.7 Å². The lowest BCUT2D eigenvalue weighted by atomic mass is 10.4. The Morgan fingerprint density at radius 3 is 2.73 bits per heavy atom. The van der Waals surface area contributed by atoms with Gasteiger partial charge in [0.05, 0.1) is 0 Å². The largest absolute Gasteiger partial charge is 0.489 e. The van der Waals surface area contributed by atoms with E-state index >= 15 is 0 Å². The third-order valence-electron chi connectivity index (χ3n) is 2.28. The van der Waals surface area contributed by atoms with Crippen molar-refractivity contribution in [3.63, 3.8) is 0 Å². The van der Waals surface area contributed by atoms with Crippen LogP contribution in [0.25, 0.3) is 0 Å². The van der Waals surface area contributed by atoms with Crippen molar-refractivity contribution in [3.8, 4) is 5.75 Å². The highest BCUT2D eigenvalue weighted by molar-refractivity contribution is 9.10. The molecule has 0 aliphatic carbocycles. The molecule has 0 radical (unpaired) electrons. The second kappa shape index (κ2) is 6.80. The van der Waals surface area contributed by atoms with Gasteiger partial charge < -0.3 is 9.64 Å². The van der Waals surface area contributed by atoms with Crippen molar-refractivity contribution in [2.24, 2.45) is 0 Å². The first-order valence-electron chi connectivity index (χ1n) is 5.23. The van der Waals surface area contributed by atoms with Crippen molar-refractivity contribution < 1.29 is 4.74 Å². The normalized spacial score (nSPS) is 10.7. The lowest BCUT2D eigenvalue weighted by Crippen LogP contribution is -2.27. The number of pyridine rings is 1. The fourth-order valence-corrected chi connectivity index (χ4v) is 1.67. The zero-order valence-corrected chi connectivity index (χ0v) is 10.8. The van der Waals surface area contributed by atoms with E-state index in [1.54, 1.807) is 6.20 Å². The Labute approximate surface area is 99.6 Å². The Kier molecular flexibility index (Phi) is 5.65. The van der Waals surface area contributed by atoms with Crippen molar-refractivity contribution in [2.45, 2.75) is 13.8 Å². The van der Waals surface area contributed by atoms with Crippen LogP contribution in [0.3, 0.4) is 0 Å². The quantitative estimate of drug-likeness (QED) is 0.745. The van der Waals surface area contributed by atoms with E-state index in [4.69, 9.17) is 4.74 Å². The predicted molar refractivity (Wildman–Crippen MR) is 65.2 cm³/mol. The minimum atomic E-state index is 0.700. The second-order valence-electron chi connectivity index (χ2n) is 3.17. The molecule has 84 valence electrons. The number of nitrogens with zero attached hydrogens (tertiary/aromatic N) is 2. The molecule has 1 aromatic heterocycles. The number of halogens is 1. The number of ether oxygens (including phenoxy) is 1. The van der Waals surface area contributed by atoms with E-state index in [0.29, 0.717) is 6.61 Å². The third kappa shape index (κ3) is 4.18. The molecule has 0 aliphatic rings. The van der Waals surface area contributed by atoms with Gasteiger partial charge in [-0.2, -0.15) is 0 Å². The number of likely N-dealkylation sites (N-methyl/N-ethyl adjacent to an activating group) is 1. The molecule has 0 bridgehead atoms. The standard InChI is InChI=1S/C11H17BrN2O/c1-3-14(4-2)8-9-15-10-6-5-7-13-11(10)12/h5-7H,3-4,8-9H2,1-2H3. The zero-order valence-electron chi connectivity index (χ0n) is 9.24. The van der Waals surface area contributed by atoms with Crippen molar-refractivity contribution in [1.82, 2.24) is 9.88 Å². The van der Waals surface area contributed by atoms with E-state index < -0.39 is 0 Å². The molecule has 0 unspecified atom stereocenters. The molecule has 0 fully saturated rings. The van der Waals surface area contributed by atoms with Gasteiger partial charge in [0.1, 0.15) is 11.2 Å². The Hall–Kier alpha value is -0.610. The molecule has 0 aliphatic heterocycles. The summed E-state index contributed by atoms with van der Waals surface area (Å²) in [4.78, 5) is 6.42. The highest BCUT2D eigenvalue weighted by atomic mass is 79.9. The lowest BCUT2D eigenvalue weighted by molar-refractivity contribution is 0.221. The Morgan fingerprint density at radius 1 is 1.40 bits per heavy atom. The average molecular weight is 273 g/mol. The van der Waals surface area contributed by atoms with Crippen molar-refractivity contribution in [1.29, 1.82) is 0 Å². The number of hydrogen-bond acceptors (Lipinski definition) is 3. The van der Waals surface area contributed by atoms with Crippen LogP contribution in [0.1, 0.15) is 13.8 Å². The Balaban J connectivity index is 2.34. The zero-order chi connectivity index (χ0) is 11.1. The van der Waals surface area contributed by atoms with Gasteiger partial charge in [-0.3, -0.25) is 0 Å². The summed E-state index contributed by atoms with van der Waals surface area (Å²) in [5.74, 6) is 0.810. The summed E-state index contributed by atoms with van der Waals surface area (Å²) < 4.78 is 6.39. The molecular formula is C11H17BrN2O. The molecule has 1 rings (SSSR count). The Bertz CT molecular complexity index is 290. The van der Waals surface area contributed by atoms with Crippen LogP contribution < -0.4 is 4.74 Å². The van der Waals surface area contributed by atoms with Crippen LogP contribution in [0.5, 0.6) is 5.75 Å². The summed E-state index contributed by atoms with van der Waals surface area (Å²) in [5, 5.41) is 0. The van der Waals surface area contributed by atoms with Gasteiger partial charge in [-0.05, 0) is 41.2 Å². The van der Waals surface area contributed by atoms with Crippen LogP contribution in [0.15, 0.2) is 22.9 Å². The van der Waals surface area contributed by atoms with E-state index in [-0.39, 0.29) is 0 Å². The maximum absolute atomic E-state index is 5.62. The molecule has 0 atom stereocenters. The van der Waals surface area contributed by atoms with Crippen molar-refractivity contribution in [2.75, 3.05) is 26.2 Å². The van der Waals surface area contributed by atoms with Crippen LogP contribution in [0.2, 0.25) is 0 Å². The first-order chi connectivity index (χ1) is 7.27. The minimum Gasteiger partial charge on any atom is -0.489 e. The summed E-state index contributed by atoms with van der Waals surface area (Å²) >= 11 is 3.35. The molecule has 0 spiro atoms. The number of hydrogen-bond donors (Lipinski definition) is 0. The smallest absolute Gasteiger partial charge is 0.152 e. The summed E-state index contributed by atoms with van der Waals surface area (Å²) in [6, 6.07) is 3.79. The van der Waals surface area contributed by atoms with Crippen molar-refractivity contribution in [3.05, 3.63) is 22.9 Å². The van der Waals surface area contributed by atoms with Crippen LogP contribution in [-0.4, -0.2) is 36.1 Å². The Morgan fingerprint density at radius 2 is 2.13 bits per heavy atom. The molecule has 0 amide bonds. The highest BCUT2D eigenvalue weighted by Gasteiger charge is 2.02. The average Bonchev–Trinajstić information content (AvgIpc) is 2.27. The monoisotopic (exact) mass is 272 g/mol. The van der Waals surface area contributed by atoms with Crippen molar-refractivity contribution >= 4 is 15.9 Å². The van der Waals surface area contributed by atoms with Gasteiger partial charge in [0.2, 0.25) is 0 Å². The number of aromatic nitrogens is 1. The molecule has 1 aromatic rings. The molecule has 0 aromatic carbocycles. The maximum atomic E-state index is 5.62. The number of rotatable bonds is 6. The summed E-state index contributed by atoms with van der Waals surface area (Å²) in [5.41, 5.74) is 0. The summed E-state index contributed by atoms with van der Waals surface area (Å²) in [6.45, 7) is 8.09. The van der Waals surface area contributed by atoms with Crippen LogP contribution >= 0.6 is 15.9 Å². The molecule has 0 saturated carbocycles. The molecule has 1 heterocycles. The first kappa shape index (κ1) is 12.5. The molecule has 15 heavy (non-hydrogen) atoms. The van der Waals surface area contributed by atoms with Crippen LogP contribution in [0.4, 0.5) is 0 Å².